The first-order chi connectivity index (χ1) is 15.9. The van der Waals surface area contributed by atoms with E-state index in [9.17, 15) is 18.0 Å². The molecule has 1 N–H and O–H groups in total. The summed E-state index contributed by atoms with van der Waals surface area (Å²) >= 11 is 1.18. The van der Waals surface area contributed by atoms with Gasteiger partial charge in [-0.3, -0.25) is 9.69 Å². The number of carbonyl (C=O) groups is 1. The molecule has 0 radical (unpaired) electrons. The topological polar surface area (TPSA) is 63.1 Å². The molecule has 0 aliphatic carbocycles. The summed E-state index contributed by atoms with van der Waals surface area (Å²) in [5, 5.41) is 10.9. The Balaban J connectivity index is 1.51. The number of benzene rings is 2. The molecule has 2 aromatic carbocycles. The van der Waals surface area contributed by atoms with Crippen molar-refractivity contribution < 1.29 is 18.0 Å². The van der Waals surface area contributed by atoms with Gasteiger partial charge in [0.2, 0.25) is 5.91 Å². The van der Waals surface area contributed by atoms with Gasteiger partial charge in [-0.1, -0.05) is 42.1 Å². The SMILES string of the molecule is CC(Sc1nnc(CN2CCCC2)n1Cc1ccccc1)C(=O)Nc1ccc(F)c(F)c1F. The molecule has 3 aromatic rings. The van der Waals surface area contributed by atoms with E-state index in [0.29, 0.717) is 18.2 Å². The first-order valence-electron chi connectivity index (χ1n) is 10.7. The Morgan fingerprint density at radius 2 is 1.76 bits per heavy atom. The second-order valence-corrected chi connectivity index (χ2v) is 9.23. The van der Waals surface area contributed by atoms with Crippen LogP contribution in [0.2, 0.25) is 0 Å². The molecule has 6 nitrogen and oxygen atoms in total. The summed E-state index contributed by atoms with van der Waals surface area (Å²) in [5.41, 5.74) is 0.662. The molecule has 0 bridgehead atoms. The molecule has 1 saturated heterocycles. The molecule has 0 saturated carbocycles. The number of rotatable bonds is 8. The summed E-state index contributed by atoms with van der Waals surface area (Å²) in [6.07, 6.45) is 2.32. The quantitative estimate of drug-likeness (QED) is 0.385. The molecular formula is C23H24F3N5OS. The molecule has 1 aromatic heterocycles. The minimum atomic E-state index is -1.62. The third kappa shape index (κ3) is 5.56. The molecule has 174 valence electrons. The van der Waals surface area contributed by atoms with Crippen molar-refractivity contribution in [1.29, 1.82) is 0 Å². The number of likely N-dealkylation sites (tertiary alicyclic amines) is 1. The first-order valence-corrected chi connectivity index (χ1v) is 11.6. The summed E-state index contributed by atoms with van der Waals surface area (Å²) in [6, 6.07) is 11.6. The Morgan fingerprint density at radius 3 is 2.48 bits per heavy atom. The Kier molecular flexibility index (Phi) is 7.34. The molecule has 0 spiro atoms. The molecule has 1 atom stereocenters. The van der Waals surface area contributed by atoms with Gasteiger partial charge in [0, 0.05) is 0 Å². The van der Waals surface area contributed by atoms with E-state index in [1.165, 1.54) is 11.8 Å². The fourth-order valence-electron chi connectivity index (χ4n) is 3.66. The van der Waals surface area contributed by atoms with Crippen molar-refractivity contribution in [2.75, 3.05) is 18.4 Å². The van der Waals surface area contributed by atoms with Crippen LogP contribution in [0.4, 0.5) is 18.9 Å². The van der Waals surface area contributed by atoms with E-state index in [2.05, 4.69) is 20.4 Å². The molecule has 1 aliphatic heterocycles. The molecule has 2 heterocycles. The minimum Gasteiger partial charge on any atom is -0.323 e. The van der Waals surface area contributed by atoms with Gasteiger partial charge < -0.3 is 9.88 Å². The van der Waals surface area contributed by atoms with Crippen LogP contribution in [0.25, 0.3) is 0 Å². The average molecular weight is 476 g/mol. The maximum atomic E-state index is 13.9. The Labute approximate surface area is 194 Å². The van der Waals surface area contributed by atoms with Gasteiger partial charge in [0.05, 0.1) is 24.0 Å². The molecule has 4 rings (SSSR count). The van der Waals surface area contributed by atoms with E-state index in [-0.39, 0.29) is 0 Å². The second-order valence-electron chi connectivity index (χ2n) is 7.93. The van der Waals surface area contributed by atoms with E-state index < -0.39 is 34.3 Å². The first kappa shape index (κ1) is 23.3. The number of carbonyl (C=O) groups excluding carboxylic acids is 1. The number of amides is 1. The lowest BCUT2D eigenvalue weighted by Crippen LogP contribution is -2.24. The highest BCUT2D eigenvalue weighted by atomic mass is 32.2. The maximum absolute atomic E-state index is 13.9. The Morgan fingerprint density at radius 1 is 1.03 bits per heavy atom. The van der Waals surface area contributed by atoms with Crippen LogP contribution < -0.4 is 5.32 Å². The number of anilines is 1. The van der Waals surface area contributed by atoms with E-state index in [4.69, 9.17) is 0 Å². The van der Waals surface area contributed by atoms with Crippen LogP contribution in [0.15, 0.2) is 47.6 Å². The summed E-state index contributed by atoms with van der Waals surface area (Å²) in [6.45, 7) is 4.88. The lowest BCUT2D eigenvalue weighted by molar-refractivity contribution is -0.115. The van der Waals surface area contributed by atoms with Gasteiger partial charge in [-0.2, -0.15) is 0 Å². The summed E-state index contributed by atoms with van der Waals surface area (Å²) in [7, 11) is 0. The molecule has 33 heavy (non-hydrogen) atoms. The van der Waals surface area contributed by atoms with Crippen molar-refractivity contribution in [3.8, 4) is 0 Å². The predicted octanol–water partition coefficient (Wildman–Crippen LogP) is 4.46. The van der Waals surface area contributed by atoms with Crippen molar-refractivity contribution in [1.82, 2.24) is 19.7 Å². The van der Waals surface area contributed by atoms with Gasteiger partial charge in [0.15, 0.2) is 22.6 Å². The lowest BCUT2D eigenvalue weighted by Gasteiger charge is -2.17. The normalized spacial score (nSPS) is 15.0. The summed E-state index contributed by atoms with van der Waals surface area (Å²) in [4.78, 5) is 15.0. The summed E-state index contributed by atoms with van der Waals surface area (Å²) in [5.74, 6) is -4.11. The number of thioether (sulfide) groups is 1. The molecular weight excluding hydrogens is 451 g/mol. The third-order valence-corrected chi connectivity index (χ3v) is 6.57. The fourth-order valence-corrected chi connectivity index (χ4v) is 4.52. The highest BCUT2D eigenvalue weighted by Gasteiger charge is 2.24. The van der Waals surface area contributed by atoms with Crippen molar-refractivity contribution in [2.45, 2.75) is 43.3 Å². The van der Waals surface area contributed by atoms with E-state index in [1.54, 1.807) is 6.92 Å². The Hall–Kier alpha value is -2.85. The van der Waals surface area contributed by atoms with Crippen molar-refractivity contribution in [3.05, 3.63) is 71.3 Å². The van der Waals surface area contributed by atoms with E-state index >= 15 is 0 Å². The van der Waals surface area contributed by atoms with Crippen LogP contribution in [-0.4, -0.2) is 43.9 Å². The summed E-state index contributed by atoms with van der Waals surface area (Å²) < 4.78 is 42.6. The zero-order chi connectivity index (χ0) is 23.4. The van der Waals surface area contributed by atoms with Crippen LogP contribution in [-0.2, 0) is 17.9 Å². The van der Waals surface area contributed by atoms with Crippen LogP contribution in [0.1, 0.15) is 31.2 Å². The van der Waals surface area contributed by atoms with E-state index in [1.807, 2.05) is 34.9 Å². The number of halogens is 3. The Bertz CT molecular complexity index is 1120. The predicted molar refractivity (Wildman–Crippen MR) is 120 cm³/mol. The third-order valence-electron chi connectivity index (χ3n) is 5.49. The van der Waals surface area contributed by atoms with Gasteiger partial charge in [0.25, 0.3) is 0 Å². The van der Waals surface area contributed by atoms with Crippen molar-refractivity contribution in [2.24, 2.45) is 0 Å². The molecule has 10 heteroatoms. The number of nitrogens with zero attached hydrogens (tertiary/aromatic N) is 4. The molecule has 1 fully saturated rings. The second kappa shape index (κ2) is 10.4. The van der Waals surface area contributed by atoms with Crippen LogP contribution in [0, 0.1) is 17.5 Å². The number of hydrogen-bond acceptors (Lipinski definition) is 5. The fraction of sp³-hybridized carbons (Fsp3) is 0.348. The monoisotopic (exact) mass is 475 g/mol. The van der Waals surface area contributed by atoms with Crippen LogP contribution in [0.5, 0.6) is 0 Å². The number of hydrogen-bond donors (Lipinski definition) is 1. The van der Waals surface area contributed by atoms with Gasteiger partial charge in [0.1, 0.15) is 5.82 Å². The molecule has 1 aliphatic rings. The van der Waals surface area contributed by atoms with Crippen molar-refractivity contribution in [3.63, 3.8) is 0 Å². The molecule has 1 unspecified atom stereocenters. The average Bonchev–Trinajstić information content (AvgIpc) is 3.46. The van der Waals surface area contributed by atoms with Gasteiger partial charge in [-0.25, -0.2) is 13.2 Å². The van der Waals surface area contributed by atoms with Crippen molar-refractivity contribution >= 4 is 23.4 Å². The van der Waals surface area contributed by atoms with Gasteiger partial charge in [-0.15, -0.1) is 10.2 Å². The molecule has 1 amide bonds. The zero-order valence-corrected chi connectivity index (χ0v) is 18.9. The highest BCUT2D eigenvalue weighted by Crippen LogP contribution is 2.26. The van der Waals surface area contributed by atoms with E-state index in [0.717, 1.165) is 49.5 Å². The minimum absolute atomic E-state index is 0.410. The highest BCUT2D eigenvalue weighted by molar-refractivity contribution is 8.00. The van der Waals surface area contributed by atoms with Crippen LogP contribution in [0.3, 0.4) is 0 Å². The standard InChI is InChI=1S/C23H24F3N5OS/c1-15(22(32)27-18-10-9-17(24)20(25)21(18)26)33-23-29-28-19(14-30-11-5-6-12-30)31(23)13-16-7-3-2-4-8-16/h2-4,7-10,15H,5-6,11-14H2,1H3,(H,27,32). The van der Waals surface area contributed by atoms with Gasteiger partial charge >= 0.3 is 0 Å². The van der Waals surface area contributed by atoms with Crippen LogP contribution >= 0.6 is 11.8 Å². The largest absolute Gasteiger partial charge is 0.323 e. The lowest BCUT2D eigenvalue weighted by atomic mass is 10.2. The number of nitrogens with one attached hydrogen (secondary N) is 1. The van der Waals surface area contributed by atoms with Gasteiger partial charge in [-0.05, 0) is 50.6 Å². The maximum Gasteiger partial charge on any atom is 0.237 e. The number of aromatic nitrogens is 3. The zero-order valence-electron chi connectivity index (χ0n) is 18.1. The smallest absolute Gasteiger partial charge is 0.237 e.